The molecule has 0 N–H and O–H groups in total. The first kappa shape index (κ1) is 30.7. The van der Waals surface area contributed by atoms with E-state index in [1.807, 2.05) is 78.9 Å². The van der Waals surface area contributed by atoms with Gasteiger partial charge in [-0.3, -0.25) is 0 Å². The molecule has 0 atom stereocenters. The number of hydrogen-bond acceptors (Lipinski definition) is 6. The molecule has 4 aromatic carbocycles. The minimum atomic E-state index is -0.394. The molecule has 0 spiro atoms. The summed E-state index contributed by atoms with van der Waals surface area (Å²) < 4.78 is 23.8. The molecule has 1 heterocycles. The van der Waals surface area contributed by atoms with Crippen LogP contribution < -0.4 is 14.2 Å². The van der Waals surface area contributed by atoms with Crippen molar-refractivity contribution in [2.45, 2.75) is 13.5 Å². The summed E-state index contributed by atoms with van der Waals surface area (Å²) in [7, 11) is 4.76. The second-order valence-corrected chi connectivity index (χ2v) is 10.4. The topological polar surface area (TPSA) is 82.7 Å². The lowest BCUT2D eigenvalue weighted by atomic mass is 10.0. The molecule has 5 aromatic rings. The summed E-state index contributed by atoms with van der Waals surface area (Å²) in [5.41, 5.74) is 6.64. The van der Waals surface area contributed by atoms with Crippen molar-refractivity contribution in [3.05, 3.63) is 113 Å². The summed E-state index contributed by atoms with van der Waals surface area (Å²) in [6.07, 6.45) is 5.86. The first-order valence-electron chi connectivity index (χ1n) is 14.4. The average Bonchev–Trinajstić information content (AvgIpc) is 3.38. The zero-order chi connectivity index (χ0) is 31.9. The molecular formula is C38H34N2O5. The molecule has 226 valence electrons. The van der Waals surface area contributed by atoms with Gasteiger partial charge in [0.05, 0.1) is 39.5 Å². The number of rotatable bonds is 11. The van der Waals surface area contributed by atoms with Gasteiger partial charge in [-0.15, -0.1) is 0 Å². The van der Waals surface area contributed by atoms with E-state index in [1.165, 1.54) is 0 Å². The van der Waals surface area contributed by atoms with Crippen LogP contribution >= 0.6 is 0 Å². The third kappa shape index (κ3) is 6.61. The van der Waals surface area contributed by atoms with Crippen molar-refractivity contribution in [3.63, 3.8) is 0 Å². The van der Waals surface area contributed by atoms with E-state index >= 15 is 0 Å². The van der Waals surface area contributed by atoms with Crippen LogP contribution in [-0.4, -0.2) is 38.5 Å². The fourth-order valence-corrected chi connectivity index (χ4v) is 5.27. The zero-order valence-corrected chi connectivity index (χ0v) is 25.8. The normalized spacial score (nSPS) is 11.5. The van der Waals surface area contributed by atoms with Crippen LogP contribution in [0.5, 0.6) is 17.2 Å². The van der Waals surface area contributed by atoms with E-state index in [0.29, 0.717) is 34.9 Å². The predicted molar refractivity (Wildman–Crippen MR) is 180 cm³/mol. The van der Waals surface area contributed by atoms with Crippen molar-refractivity contribution in [2.24, 2.45) is 0 Å². The zero-order valence-electron chi connectivity index (χ0n) is 25.8. The Hall–Kier alpha value is -5.74. The van der Waals surface area contributed by atoms with Gasteiger partial charge in [0, 0.05) is 27.4 Å². The number of carbonyl (C=O) groups excluding carboxylic acids is 1. The van der Waals surface area contributed by atoms with Gasteiger partial charge >= 0.3 is 5.97 Å². The summed E-state index contributed by atoms with van der Waals surface area (Å²) in [6, 6.07) is 28.3. The van der Waals surface area contributed by atoms with Crippen molar-refractivity contribution in [1.29, 1.82) is 5.26 Å². The van der Waals surface area contributed by atoms with Crippen LogP contribution in [0.2, 0.25) is 0 Å². The molecule has 0 saturated carbocycles. The Morgan fingerprint density at radius 1 is 0.822 bits per heavy atom. The molecule has 45 heavy (non-hydrogen) atoms. The van der Waals surface area contributed by atoms with Crippen LogP contribution in [0.25, 0.3) is 45.6 Å². The van der Waals surface area contributed by atoms with E-state index in [2.05, 4.69) is 35.4 Å². The molecule has 0 bridgehead atoms. The standard InChI is InChI=1S/C38H34N2O5/c1-25(2)38(41)45-19-18-40-33-9-7-6-8-31(33)32-21-27(14-17-34(32)40)20-30(24-39)29-15-12-26(13-16-29)10-11-28-22-35(42-3)37(44-5)36(23-28)43-4/h6-17,20-23H,1,18-19H2,2-5H3/b11-10+,30-20-. The summed E-state index contributed by atoms with van der Waals surface area (Å²) in [5, 5.41) is 12.2. The quantitative estimate of drug-likeness (QED) is 0.0660. The fourth-order valence-electron chi connectivity index (χ4n) is 5.27. The summed E-state index contributed by atoms with van der Waals surface area (Å²) in [5.74, 6) is 1.32. The SMILES string of the molecule is C=C(C)C(=O)OCCn1c2ccccc2c2cc(/C=C(/C#N)c3ccc(/C=C/c4cc(OC)c(OC)c(OC)c4)cc3)ccc21. The molecule has 0 aliphatic rings. The van der Waals surface area contributed by atoms with Crippen LogP contribution in [0.1, 0.15) is 29.2 Å². The molecule has 1 aromatic heterocycles. The third-order valence-corrected chi connectivity index (χ3v) is 7.50. The Bertz CT molecular complexity index is 1970. The van der Waals surface area contributed by atoms with Gasteiger partial charge in [0.1, 0.15) is 6.61 Å². The number of methoxy groups -OCH3 is 3. The van der Waals surface area contributed by atoms with Crippen molar-refractivity contribution in [3.8, 4) is 23.3 Å². The molecular weight excluding hydrogens is 564 g/mol. The molecule has 0 unspecified atom stereocenters. The Morgan fingerprint density at radius 2 is 1.47 bits per heavy atom. The van der Waals surface area contributed by atoms with E-state index in [1.54, 1.807) is 28.3 Å². The number of ether oxygens (including phenoxy) is 4. The van der Waals surface area contributed by atoms with Gasteiger partial charge in [0.15, 0.2) is 11.5 Å². The molecule has 7 nitrogen and oxygen atoms in total. The number of nitriles is 1. The van der Waals surface area contributed by atoms with Gasteiger partial charge in [-0.2, -0.15) is 5.26 Å². The Morgan fingerprint density at radius 3 is 2.11 bits per heavy atom. The number of benzene rings is 4. The number of fused-ring (bicyclic) bond motifs is 3. The highest BCUT2D eigenvalue weighted by atomic mass is 16.5. The molecule has 5 rings (SSSR count). The fraction of sp³-hybridized carbons (Fsp3) is 0.158. The van der Waals surface area contributed by atoms with Gasteiger partial charge in [-0.05, 0) is 65.6 Å². The lowest BCUT2D eigenvalue weighted by Gasteiger charge is -2.12. The maximum atomic E-state index is 11.9. The number of para-hydroxylation sites is 1. The van der Waals surface area contributed by atoms with Crippen LogP contribution in [0.15, 0.2) is 91.0 Å². The van der Waals surface area contributed by atoms with E-state index < -0.39 is 5.97 Å². The van der Waals surface area contributed by atoms with E-state index in [9.17, 15) is 10.1 Å². The Labute approximate surface area is 262 Å². The van der Waals surface area contributed by atoms with Crippen molar-refractivity contribution >= 4 is 51.6 Å². The van der Waals surface area contributed by atoms with E-state index in [0.717, 1.165) is 44.1 Å². The van der Waals surface area contributed by atoms with Crippen LogP contribution in [0.3, 0.4) is 0 Å². The van der Waals surface area contributed by atoms with Gasteiger partial charge in [0.25, 0.3) is 0 Å². The highest BCUT2D eigenvalue weighted by Gasteiger charge is 2.13. The summed E-state index contributed by atoms with van der Waals surface area (Å²) in [6.45, 7) is 6.04. The molecule has 0 radical (unpaired) electrons. The van der Waals surface area contributed by atoms with Crippen LogP contribution in [0, 0.1) is 11.3 Å². The van der Waals surface area contributed by atoms with Crippen LogP contribution in [-0.2, 0) is 16.1 Å². The lowest BCUT2D eigenvalue weighted by molar-refractivity contribution is -0.139. The molecule has 0 aliphatic heterocycles. The molecule has 0 amide bonds. The molecule has 0 saturated heterocycles. The maximum Gasteiger partial charge on any atom is 0.333 e. The van der Waals surface area contributed by atoms with Gasteiger partial charge in [0.2, 0.25) is 5.75 Å². The van der Waals surface area contributed by atoms with Gasteiger partial charge < -0.3 is 23.5 Å². The number of allylic oxidation sites excluding steroid dienone is 1. The van der Waals surface area contributed by atoms with Crippen molar-refractivity contribution < 1.29 is 23.7 Å². The monoisotopic (exact) mass is 598 g/mol. The van der Waals surface area contributed by atoms with Gasteiger partial charge in [-0.1, -0.05) is 67.3 Å². The Kier molecular flexibility index (Phi) is 9.35. The number of esters is 1. The predicted octanol–water partition coefficient (Wildman–Crippen LogP) is 8.17. The summed E-state index contributed by atoms with van der Waals surface area (Å²) in [4.78, 5) is 11.9. The highest BCUT2D eigenvalue weighted by molar-refractivity contribution is 6.09. The second kappa shape index (κ2) is 13.7. The second-order valence-electron chi connectivity index (χ2n) is 10.4. The molecule has 0 fully saturated rings. The number of nitrogens with zero attached hydrogens (tertiary/aromatic N) is 2. The third-order valence-electron chi connectivity index (χ3n) is 7.50. The first-order valence-corrected chi connectivity index (χ1v) is 14.4. The number of hydrogen-bond donors (Lipinski definition) is 0. The molecule has 7 heteroatoms. The van der Waals surface area contributed by atoms with Crippen molar-refractivity contribution in [1.82, 2.24) is 4.57 Å². The average molecular weight is 599 g/mol. The first-order chi connectivity index (χ1) is 21.9. The van der Waals surface area contributed by atoms with E-state index in [4.69, 9.17) is 18.9 Å². The minimum absolute atomic E-state index is 0.243. The maximum absolute atomic E-state index is 11.9. The number of aromatic nitrogens is 1. The van der Waals surface area contributed by atoms with Crippen molar-refractivity contribution in [2.75, 3.05) is 27.9 Å². The summed E-state index contributed by atoms with van der Waals surface area (Å²) >= 11 is 0. The largest absolute Gasteiger partial charge is 0.493 e. The molecule has 0 aliphatic carbocycles. The van der Waals surface area contributed by atoms with Gasteiger partial charge in [-0.25, -0.2) is 4.79 Å². The van der Waals surface area contributed by atoms with Crippen LogP contribution in [0.4, 0.5) is 0 Å². The smallest absolute Gasteiger partial charge is 0.333 e. The minimum Gasteiger partial charge on any atom is -0.493 e. The Balaban J connectivity index is 1.39. The lowest BCUT2D eigenvalue weighted by Crippen LogP contribution is -2.11. The van der Waals surface area contributed by atoms with E-state index in [-0.39, 0.29) is 6.61 Å². The highest BCUT2D eigenvalue weighted by Crippen LogP contribution is 2.38. The number of carbonyl (C=O) groups is 1.